The maximum absolute atomic E-state index is 13.0. The number of carbonyl (C=O) groups excluding carboxylic acids is 1. The Kier molecular flexibility index (Phi) is 2.62. The number of nitrogens with one attached hydrogen (secondary N) is 1. The average Bonchev–Trinajstić information content (AvgIpc) is 2.33. The van der Waals surface area contributed by atoms with Crippen molar-refractivity contribution in [1.82, 2.24) is 5.32 Å². The monoisotopic (exact) mass is 220 g/mol. The zero-order chi connectivity index (χ0) is 11.5. The number of hydrogen-bond donors (Lipinski definition) is 1. The van der Waals surface area contributed by atoms with Crippen molar-refractivity contribution in [1.29, 1.82) is 0 Å². The summed E-state index contributed by atoms with van der Waals surface area (Å²) in [6, 6.07) is 3.46. The molecule has 0 unspecified atom stereocenters. The zero-order valence-corrected chi connectivity index (χ0v) is 8.00. The molecule has 80 valence electrons. The quantitative estimate of drug-likeness (QED) is 0.731. The lowest BCUT2D eigenvalue weighted by molar-refractivity contribution is 0.508. The second kappa shape index (κ2) is 4.08. The molecule has 0 amide bonds. The van der Waals surface area contributed by atoms with Crippen molar-refractivity contribution < 1.29 is 13.6 Å². The van der Waals surface area contributed by atoms with Gasteiger partial charge in [-0.2, -0.15) is 0 Å². The minimum atomic E-state index is -0.945. The molecular formula is C11H6F2N2O. The lowest BCUT2D eigenvalue weighted by Gasteiger charge is -2.11. The molecule has 2 rings (SSSR count). The molecule has 1 aliphatic heterocycles. The van der Waals surface area contributed by atoms with Crippen molar-refractivity contribution in [2.75, 3.05) is 0 Å². The fourth-order valence-electron chi connectivity index (χ4n) is 1.27. The van der Waals surface area contributed by atoms with Crippen LogP contribution in [0.25, 0.3) is 5.70 Å². The first-order valence-corrected chi connectivity index (χ1v) is 4.42. The maximum Gasteiger partial charge on any atom is 0.217 e. The van der Waals surface area contributed by atoms with E-state index in [1.165, 1.54) is 12.3 Å². The molecule has 0 fully saturated rings. The number of nitrogens with zero attached hydrogens (tertiary/aromatic N) is 1. The molecule has 16 heavy (non-hydrogen) atoms. The fourth-order valence-corrected chi connectivity index (χ4v) is 1.27. The predicted molar refractivity (Wildman–Crippen MR) is 55.2 cm³/mol. The molecule has 0 radical (unpaired) electrons. The van der Waals surface area contributed by atoms with E-state index in [0.29, 0.717) is 11.3 Å². The van der Waals surface area contributed by atoms with Gasteiger partial charge in [-0.1, -0.05) is 0 Å². The summed E-state index contributed by atoms with van der Waals surface area (Å²) in [6.45, 7) is 0. The molecule has 0 aliphatic carbocycles. The summed E-state index contributed by atoms with van der Waals surface area (Å²) in [5.41, 5.74) is 0.894. The number of rotatable bonds is 1. The number of benzene rings is 1. The molecule has 3 nitrogen and oxygen atoms in total. The SMILES string of the molecule is O=C=C1N=CC=C(c2ccc(F)c(F)c2)N1. The van der Waals surface area contributed by atoms with Gasteiger partial charge in [0.25, 0.3) is 0 Å². The highest BCUT2D eigenvalue weighted by molar-refractivity contribution is 5.88. The van der Waals surface area contributed by atoms with Crippen LogP contribution in [0.3, 0.4) is 0 Å². The second-order valence-electron chi connectivity index (χ2n) is 3.06. The topological polar surface area (TPSA) is 41.5 Å². The average molecular weight is 220 g/mol. The Morgan fingerprint density at radius 1 is 1.25 bits per heavy atom. The maximum atomic E-state index is 13.0. The Morgan fingerprint density at radius 3 is 2.75 bits per heavy atom. The standard InChI is InChI=1S/C11H6F2N2O/c12-8-2-1-7(5-9(8)13)10-3-4-14-11(6-16)15-10/h1-5,15H. The van der Waals surface area contributed by atoms with Crippen molar-refractivity contribution >= 4 is 17.9 Å². The number of aliphatic imine (C=N–C) groups is 1. The first-order chi connectivity index (χ1) is 7.70. The lowest BCUT2D eigenvalue weighted by Crippen LogP contribution is -2.14. The van der Waals surface area contributed by atoms with Crippen molar-refractivity contribution in [2.45, 2.75) is 0 Å². The summed E-state index contributed by atoms with van der Waals surface area (Å²) in [7, 11) is 0. The summed E-state index contributed by atoms with van der Waals surface area (Å²) < 4.78 is 25.7. The van der Waals surface area contributed by atoms with Crippen LogP contribution < -0.4 is 5.32 Å². The van der Waals surface area contributed by atoms with Gasteiger partial charge in [0.05, 0.1) is 0 Å². The zero-order valence-electron chi connectivity index (χ0n) is 8.00. The van der Waals surface area contributed by atoms with E-state index in [0.717, 1.165) is 12.1 Å². The number of halogens is 2. The molecule has 1 aliphatic rings. The normalized spacial score (nSPS) is 14.1. The molecule has 1 aromatic rings. The summed E-state index contributed by atoms with van der Waals surface area (Å²) >= 11 is 0. The van der Waals surface area contributed by atoms with Crippen LogP contribution in [0.1, 0.15) is 5.56 Å². The largest absolute Gasteiger partial charge is 0.330 e. The van der Waals surface area contributed by atoms with Gasteiger partial charge in [-0.15, -0.1) is 0 Å². The van der Waals surface area contributed by atoms with Crippen molar-refractivity contribution in [3.63, 3.8) is 0 Å². The third-order valence-corrected chi connectivity index (χ3v) is 2.03. The molecule has 1 aromatic carbocycles. The Bertz CT molecular complexity index is 543. The van der Waals surface area contributed by atoms with E-state index in [-0.39, 0.29) is 5.82 Å². The lowest BCUT2D eigenvalue weighted by atomic mass is 10.1. The Labute approximate surface area is 89.8 Å². The molecule has 0 spiro atoms. The van der Waals surface area contributed by atoms with Gasteiger partial charge in [-0.05, 0) is 24.3 Å². The third kappa shape index (κ3) is 1.89. The first-order valence-electron chi connectivity index (χ1n) is 4.42. The van der Waals surface area contributed by atoms with Gasteiger partial charge < -0.3 is 5.32 Å². The highest BCUT2D eigenvalue weighted by Crippen LogP contribution is 2.17. The smallest absolute Gasteiger partial charge is 0.217 e. The number of allylic oxidation sites excluding steroid dienone is 1. The van der Waals surface area contributed by atoms with Crippen molar-refractivity contribution in [3.05, 3.63) is 47.3 Å². The Balaban J connectivity index is 2.38. The molecule has 0 bridgehead atoms. The van der Waals surface area contributed by atoms with E-state index in [1.54, 1.807) is 12.0 Å². The van der Waals surface area contributed by atoms with Crippen LogP contribution in [0.15, 0.2) is 35.1 Å². The molecule has 1 heterocycles. The second-order valence-corrected chi connectivity index (χ2v) is 3.06. The minimum absolute atomic E-state index is 0.00207. The number of hydrogen-bond acceptors (Lipinski definition) is 3. The van der Waals surface area contributed by atoms with Crippen LogP contribution in [0.5, 0.6) is 0 Å². The summed E-state index contributed by atoms with van der Waals surface area (Å²) in [5.74, 6) is -0.281. The van der Waals surface area contributed by atoms with E-state index in [9.17, 15) is 13.6 Å². The molecular weight excluding hydrogens is 214 g/mol. The highest BCUT2D eigenvalue weighted by atomic mass is 19.2. The highest BCUT2D eigenvalue weighted by Gasteiger charge is 2.09. The van der Waals surface area contributed by atoms with E-state index < -0.39 is 11.6 Å². The van der Waals surface area contributed by atoms with Gasteiger partial charge in [0.1, 0.15) is 0 Å². The van der Waals surface area contributed by atoms with Crippen LogP contribution in [-0.4, -0.2) is 12.2 Å². The molecule has 0 atom stereocenters. The van der Waals surface area contributed by atoms with Crippen LogP contribution >= 0.6 is 0 Å². The minimum Gasteiger partial charge on any atom is -0.330 e. The summed E-state index contributed by atoms with van der Waals surface area (Å²) in [4.78, 5) is 14.0. The molecule has 5 heteroatoms. The van der Waals surface area contributed by atoms with Crippen LogP contribution in [0.4, 0.5) is 8.78 Å². The van der Waals surface area contributed by atoms with E-state index in [2.05, 4.69) is 10.3 Å². The molecule has 0 aromatic heterocycles. The van der Waals surface area contributed by atoms with Crippen LogP contribution in [0, 0.1) is 11.6 Å². The molecule has 1 N–H and O–H groups in total. The summed E-state index contributed by atoms with van der Waals surface area (Å²) in [6.07, 6.45) is 2.93. The van der Waals surface area contributed by atoms with Crippen molar-refractivity contribution in [3.8, 4) is 0 Å². The predicted octanol–water partition coefficient (Wildman–Crippen LogP) is 1.65. The van der Waals surface area contributed by atoms with Gasteiger partial charge in [0.15, 0.2) is 17.6 Å². The van der Waals surface area contributed by atoms with Gasteiger partial charge in [-0.3, -0.25) is 0 Å². The van der Waals surface area contributed by atoms with Gasteiger partial charge in [0, 0.05) is 17.5 Å². The Hall–Kier alpha value is -2.26. The van der Waals surface area contributed by atoms with Crippen LogP contribution in [-0.2, 0) is 4.79 Å². The van der Waals surface area contributed by atoms with Gasteiger partial charge in [-0.25, -0.2) is 18.6 Å². The Morgan fingerprint density at radius 2 is 2.06 bits per heavy atom. The van der Waals surface area contributed by atoms with Crippen molar-refractivity contribution in [2.24, 2.45) is 4.99 Å². The van der Waals surface area contributed by atoms with Crippen LogP contribution in [0.2, 0.25) is 0 Å². The van der Waals surface area contributed by atoms with E-state index >= 15 is 0 Å². The van der Waals surface area contributed by atoms with E-state index in [1.807, 2.05) is 0 Å². The molecule has 0 saturated carbocycles. The first kappa shape index (κ1) is 10.3. The van der Waals surface area contributed by atoms with Gasteiger partial charge >= 0.3 is 0 Å². The van der Waals surface area contributed by atoms with E-state index in [4.69, 9.17) is 0 Å². The third-order valence-electron chi connectivity index (χ3n) is 2.03. The van der Waals surface area contributed by atoms with Gasteiger partial charge in [0.2, 0.25) is 5.82 Å². The molecule has 0 saturated heterocycles. The summed E-state index contributed by atoms with van der Waals surface area (Å²) in [5, 5.41) is 2.63. The fraction of sp³-hybridized carbons (Fsp3) is 0.